The molecule has 0 atom stereocenters. The molecule has 0 bridgehead atoms. The molecule has 2 aromatic carbocycles. The summed E-state index contributed by atoms with van der Waals surface area (Å²) in [4.78, 5) is 22.2. The van der Waals surface area contributed by atoms with Gasteiger partial charge in [-0.25, -0.2) is 9.59 Å². The number of methoxy groups -OCH3 is 2. The standard InChI is InChI=1S/2C9H12N2O2/c2*1-5-3-6(9(12)13-2)4-7(10)8(5)11/h2*3-4H,10-11H2,1-2H3. The van der Waals surface area contributed by atoms with E-state index in [9.17, 15) is 9.59 Å². The summed E-state index contributed by atoms with van der Waals surface area (Å²) in [7, 11) is 2.65. The van der Waals surface area contributed by atoms with E-state index in [0.29, 0.717) is 33.9 Å². The van der Waals surface area contributed by atoms with Crippen molar-refractivity contribution in [1.29, 1.82) is 0 Å². The Bertz CT molecular complexity index is 718. The number of hydrogen-bond donors (Lipinski definition) is 4. The minimum absolute atomic E-state index is 0.403. The highest BCUT2D eigenvalue weighted by Gasteiger charge is 2.09. The Morgan fingerprint density at radius 1 is 0.692 bits per heavy atom. The van der Waals surface area contributed by atoms with Crippen LogP contribution in [0.2, 0.25) is 0 Å². The first kappa shape index (κ1) is 20.6. The molecule has 0 spiro atoms. The minimum Gasteiger partial charge on any atom is -0.465 e. The summed E-state index contributed by atoms with van der Waals surface area (Å²) in [5, 5.41) is 0. The van der Waals surface area contributed by atoms with E-state index >= 15 is 0 Å². The van der Waals surface area contributed by atoms with Crippen LogP contribution < -0.4 is 22.9 Å². The van der Waals surface area contributed by atoms with E-state index in [0.717, 1.165) is 11.1 Å². The van der Waals surface area contributed by atoms with Gasteiger partial charge >= 0.3 is 11.9 Å². The van der Waals surface area contributed by atoms with Gasteiger partial charge in [0.1, 0.15) is 0 Å². The molecule has 0 saturated carbocycles. The average molecular weight is 360 g/mol. The number of ether oxygens (including phenoxy) is 2. The second kappa shape index (κ2) is 8.61. The van der Waals surface area contributed by atoms with Gasteiger partial charge in [-0.05, 0) is 49.2 Å². The van der Waals surface area contributed by atoms with Crippen molar-refractivity contribution in [3.05, 3.63) is 46.5 Å². The lowest BCUT2D eigenvalue weighted by atomic mass is 10.1. The quantitative estimate of drug-likeness (QED) is 0.467. The summed E-state index contributed by atoms with van der Waals surface area (Å²) in [6.07, 6.45) is 0. The first-order chi connectivity index (χ1) is 12.1. The van der Waals surface area contributed by atoms with Crippen molar-refractivity contribution in [2.45, 2.75) is 13.8 Å². The molecule has 0 amide bonds. The van der Waals surface area contributed by atoms with Crippen LogP contribution in [-0.4, -0.2) is 26.2 Å². The van der Waals surface area contributed by atoms with Gasteiger partial charge in [0, 0.05) is 0 Å². The zero-order chi connectivity index (χ0) is 20.0. The smallest absolute Gasteiger partial charge is 0.337 e. The Labute approximate surface area is 152 Å². The number of rotatable bonds is 2. The zero-order valence-electron chi connectivity index (χ0n) is 15.3. The molecule has 140 valence electrons. The fourth-order valence-electron chi connectivity index (χ4n) is 2.12. The summed E-state index contributed by atoms with van der Waals surface area (Å²) in [5.41, 5.74) is 26.6. The van der Waals surface area contributed by atoms with Gasteiger partial charge in [-0.1, -0.05) is 0 Å². The molecule has 0 fully saturated rings. The van der Waals surface area contributed by atoms with E-state index < -0.39 is 11.9 Å². The van der Waals surface area contributed by atoms with Crippen molar-refractivity contribution < 1.29 is 19.1 Å². The highest BCUT2D eigenvalue weighted by Crippen LogP contribution is 2.22. The number of carbonyl (C=O) groups is 2. The Morgan fingerprint density at radius 3 is 1.23 bits per heavy atom. The minimum atomic E-state index is -0.408. The number of carbonyl (C=O) groups excluding carboxylic acids is 2. The SMILES string of the molecule is COC(=O)c1cc(C)c(N)c(N)c1.COC(=O)c1cc(C)c(N)c(N)c1. The highest BCUT2D eigenvalue weighted by molar-refractivity contribution is 5.93. The number of benzene rings is 2. The van der Waals surface area contributed by atoms with Gasteiger partial charge in [-0.3, -0.25) is 0 Å². The van der Waals surface area contributed by atoms with Gasteiger partial charge in [0.2, 0.25) is 0 Å². The summed E-state index contributed by atoms with van der Waals surface area (Å²) >= 11 is 0. The molecule has 0 heterocycles. The molecule has 0 saturated heterocycles. The Balaban J connectivity index is 0.000000260. The lowest BCUT2D eigenvalue weighted by molar-refractivity contribution is 0.0592. The van der Waals surface area contributed by atoms with Crippen LogP contribution in [0, 0.1) is 13.8 Å². The zero-order valence-corrected chi connectivity index (χ0v) is 15.3. The number of nitrogens with two attached hydrogens (primary N) is 4. The second-order valence-electron chi connectivity index (χ2n) is 5.58. The van der Waals surface area contributed by atoms with Crippen LogP contribution in [0.15, 0.2) is 24.3 Å². The van der Waals surface area contributed by atoms with Crippen molar-refractivity contribution in [3.63, 3.8) is 0 Å². The Morgan fingerprint density at radius 2 is 1.00 bits per heavy atom. The predicted octanol–water partition coefficient (Wildman–Crippen LogP) is 1.89. The second-order valence-corrected chi connectivity index (χ2v) is 5.58. The van der Waals surface area contributed by atoms with Crippen LogP contribution in [0.25, 0.3) is 0 Å². The number of nitrogen functional groups attached to an aromatic ring is 4. The van der Waals surface area contributed by atoms with Crippen LogP contribution in [0.1, 0.15) is 31.8 Å². The van der Waals surface area contributed by atoms with Crippen molar-refractivity contribution in [2.75, 3.05) is 37.2 Å². The van der Waals surface area contributed by atoms with Gasteiger partial charge in [-0.2, -0.15) is 0 Å². The normalized spacial score (nSPS) is 9.69. The predicted molar refractivity (Wildman–Crippen MR) is 103 cm³/mol. The van der Waals surface area contributed by atoms with E-state index in [1.165, 1.54) is 26.4 Å². The fourth-order valence-corrected chi connectivity index (χ4v) is 2.12. The molecule has 8 nitrogen and oxygen atoms in total. The van der Waals surface area contributed by atoms with Gasteiger partial charge in [-0.15, -0.1) is 0 Å². The summed E-state index contributed by atoms with van der Waals surface area (Å²) < 4.78 is 9.10. The van der Waals surface area contributed by atoms with Gasteiger partial charge in [0.05, 0.1) is 48.1 Å². The first-order valence-electron chi connectivity index (χ1n) is 7.60. The molecule has 0 aliphatic rings. The number of anilines is 4. The van der Waals surface area contributed by atoms with Crippen LogP contribution >= 0.6 is 0 Å². The lowest BCUT2D eigenvalue weighted by Crippen LogP contribution is -2.05. The number of hydrogen-bond acceptors (Lipinski definition) is 8. The molecule has 0 radical (unpaired) electrons. The molecule has 2 aromatic rings. The van der Waals surface area contributed by atoms with Crippen molar-refractivity contribution in [3.8, 4) is 0 Å². The van der Waals surface area contributed by atoms with Gasteiger partial charge < -0.3 is 32.4 Å². The van der Waals surface area contributed by atoms with Crippen molar-refractivity contribution in [1.82, 2.24) is 0 Å². The van der Waals surface area contributed by atoms with Crippen LogP contribution in [0.5, 0.6) is 0 Å². The lowest BCUT2D eigenvalue weighted by Gasteiger charge is -2.06. The monoisotopic (exact) mass is 360 g/mol. The molecular formula is C18H24N4O4. The maximum atomic E-state index is 11.1. The molecule has 0 unspecified atom stereocenters. The largest absolute Gasteiger partial charge is 0.465 e. The Kier molecular flexibility index (Phi) is 6.83. The fraction of sp³-hybridized carbons (Fsp3) is 0.222. The first-order valence-corrected chi connectivity index (χ1v) is 7.60. The maximum absolute atomic E-state index is 11.1. The van der Waals surface area contributed by atoms with Crippen molar-refractivity contribution in [2.24, 2.45) is 0 Å². The molecule has 2 rings (SSSR count). The molecule has 26 heavy (non-hydrogen) atoms. The maximum Gasteiger partial charge on any atom is 0.337 e. The highest BCUT2D eigenvalue weighted by atomic mass is 16.5. The number of esters is 2. The molecular weight excluding hydrogens is 336 g/mol. The van der Waals surface area contributed by atoms with Gasteiger partial charge in [0.15, 0.2) is 0 Å². The van der Waals surface area contributed by atoms with E-state index in [2.05, 4.69) is 9.47 Å². The van der Waals surface area contributed by atoms with Crippen LogP contribution in [-0.2, 0) is 9.47 Å². The third kappa shape index (κ3) is 4.79. The summed E-state index contributed by atoms with van der Waals surface area (Å²) in [6, 6.07) is 6.32. The van der Waals surface area contributed by atoms with Crippen molar-refractivity contribution >= 4 is 34.7 Å². The molecule has 8 N–H and O–H groups in total. The van der Waals surface area contributed by atoms with E-state index in [-0.39, 0.29) is 0 Å². The molecule has 0 aliphatic carbocycles. The van der Waals surface area contributed by atoms with E-state index in [4.69, 9.17) is 22.9 Å². The summed E-state index contributed by atoms with van der Waals surface area (Å²) in [6.45, 7) is 3.58. The molecule has 0 aliphatic heterocycles. The van der Waals surface area contributed by atoms with E-state index in [1.54, 1.807) is 26.0 Å². The van der Waals surface area contributed by atoms with E-state index in [1.807, 2.05) is 0 Å². The third-order valence-corrected chi connectivity index (χ3v) is 3.68. The number of aryl methyl sites for hydroxylation is 2. The topological polar surface area (TPSA) is 157 Å². The van der Waals surface area contributed by atoms with Crippen LogP contribution in [0.3, 0.4) is 0 Å². The summed E-state index contributed by atoms with van der Waals surface area (Å²) in [5.74, 6) is -0.815. The van der Waals surface area contributed by atoms with Crippen LogP contribution in [0.4, 0.5) is 22.7 Å². The Hall–Kier alpha value is -3.42. The molecule has 8 heteroatoms. The average Bonchev–Trinajstić information content (AvgIpc) is 2.62. The third-order valence-electron chi connectivity index (χ3n) is 3.68. The van der Waals surface area contributed by atoms with Gasteiger partial charge in [0.25, 0.3) is 0 Å². The molecule has 0 aromatic heterocycles.